The smallest absolute Gasteiger partial charge is 0.416 e. The number of ether oxygens (including phenoxy) is 1. The number of pyridine rings is 2. The van der Waals surface area contributed by atoms with Gasteiger partial charge in [0.05, 0.1) is 23.8 Å². The van der Waals surface area contributed by atoms with Crippen molar-refractivity contribution >= 4 is 16.8 Å². The summed E-state index contributed by atoms with van der Waals surface area (Å²) in [6, 6.07) is 8.98. The molecule has 0 bridgehead atoms. The van der Waals surface area contributed by atoms with Gasteiger partial charge in [0, 0.05) is 29.9 Å². The number of nitrogens with zero attached hydrogens (tertiary/aromatic N) is 2. The summed E-state index contributed by atoms with van der Waals surface area (Å²) in [5, 5.41) is 3.72. The number of carbonyl (C=O) groups is 1. The second-order valence-electron chi connectivity index (χ2n) is 8.82. The average molecular weight is 472 g/mol. The zero-order chi connectivity index (χ0) is 24.3. The van der Waals surface area contributed by atoms with Crippen LogP contribution in [0.1, 0.15) is 66.4 Å². The van der Waals surface area contributed by atoms with Crippen LogP contribution in [0.2, 0.25) is 0 Å². The van der Waals surface area contributed by atoms with Crippen molar-refractivity contribution in [1.29, 1.82) is 0 Å². The van der Waals surface area contributed by atoms with Gasteiger partial charge in [0.15, 0.2) is 0 Å². The van der Waals surface area contributed by atoms with Crippen molar-refractivity contribution < 1.29 is 22.7 Å². The molecule has 5 nitrogen and oxygen atoms in total. The number of fused-ring (bicyclic) bond motifs is 1. The number of hydrogen-bond donors (Lipinski definition) is 1. The quantitative estimate of drug-likeness (QED) is 0.469. The predicted octanol–water partition coefficient (Wildman–Crippen LogP) is 6.14. The lowest BCUT2D eigenvalue weighted by molar-refractivity contribution is -0.137. The van der Waals surface area contributed by atoms with Crippen LogP contribution in [0.15, 0.2) is 48.8 Å². The molecule has 1 fully saturated rings. The molecule has 1 N–H and O–H groups in total. The number of hydrogen-bond acceptors (Lipinski definition) is 4. The van der Waals surface area contributed by atoms with E-state index in [1.165, 1.54) is 25.4 Å². The van der Waals surface area contributed by atoms with Crippen molar-refractivity contribution in [2.24, 2.45) is 5.92 Å². The number of nitrogens with one attached hydrogen (secondary N) is 1. The maximum atomic E-state index is 13.3. The largest absolute Gasteiger partial charge is 0.481 e. The molecular formula is C26H28F3N3O2. The highest BCUT2D eigenvalue weighted by Crippen LogP contribution is 2.41. The summed E-state index contributed by atoms with van der Waals surface area (Å²) in [7, 11) is 1.52. The second-order valence-corrected chi connectivity index (χ2v) is 8.82. The van der Waals surface area contributed by atoms with Gasteiger partial charge < -0.3 is 10.1 Å². The van der Waals surface area contributed by atoms with Crippen LogP contribution in [0.3, 0.4) is 0 Å². The maximum Gasteiger partial charge on any atom is 0.416 e. The lowest BCUT2D eigenvalue weighted by Gasteiger charge is -2.34. The van der Waals surface area contributed by atoms with E-state index in [9.17, 15) is 18.0 Å². The number of alkyl halides is 3. The van der Waals surface area contributed by atoms with Crippen LogP contribution >= 0.6 is 0 Å². The molecule has 0 saturated heterocycles. The van der Waals surface area contributed by atoms with Gasteiger partial charge in [-0.05, 0) is 79.8 Å². The van der Waals surface area contributed by atoms with Gasteiger partial charge in [0.1, 0.15) is 0 Å². The van der Waals surface area contributed by atoms with E-state index in [2.05, 4.69) is 22.2 Å². The Morgan fingerprint density at radius 2 is 1.88 bits per heavy atom. The highest BCUT2D eigenvalue weighted by Gasteiger charge is 2.32. The van der Waals surface area contributed by atoms with Gasteiger partial charge in [-0.15, -0.1) is 0 Å². The average Bonchev–Trinajstić information content (AvgIpc) is 2.86. The van der Waals surface area contributed by atoms with E-state index in [0.717, 1.165) is 43.7 Å². The van der Waals surface area contributed by atoms with Crippen LogP contribution in [0.4, 0.5) is 13.2 Å². The first-order chi connectivity index (χ1) is 16.3. The molecule has 1 aliphatic carbocycles. The maximum absolute atomic E-state index is 13.3. The first-order valence-corrected chi connectivity index (χ1v) is 11.6. The molecule has 1 aromatic carbocycles. The molecule has 0 spiro atoms. The fourth-order valence-electron chi connectivity index (χ4n) is 4.97. The molecule has 0 aliphatic heterocycles. The summed E-state index contributed by atoms with van der Waals surface area (Å²) in [5.74, 6) is 0.774. The first kappa shape index (κ1) is 24.0. The molecule has 180 valence electrons. The summed E-state index contributed by atoms with van der Waals surface area (Å²) in [6.07, 6.45) is 3.10. The van der Waals surface area contributed by atoms with Crippen LogP contribution in [-0.4, -0.2) is 29.0 Å². The van der Waals surface area contributed by atoms with Gasteiger partial charge >= 0.3 is 6.18 Å². The Kier molecular flexibility index (Phi) is 7.05. The third-order valence-electron chi connectivity index (χ3n) is 6.85. The van der Waals surface area contributed by atoms with Crippen LogP contribution in [0.5, 0.6) is 5.88 Å². The summed E-state index contributed by atoms with van der Waals surface area (Å²) in [6.45, 7) is 2.05. The monoisotopic (exact) mass is 471 g/mol. The van der Waals surface area contributed by atoms with Crippen molar-refractivity contribution in [3.63, 3.8) is 0 Å². The van der Waals surface area contributed by atoms with Crippen LogP contribution in [-0.2, 0) is 6.18 Å². The number of methoxy groups -OCH3 is 1. The minimum Gasteiger partial charge on any atom is -0.481 e. The highest BCUT2D eigenvalue weighted by atomic mass is 19.4. The highest BCUT2D eigenvalue weighted by molar-refractivity contribution is 5.94. The number of halogens is 3. The molecule has 1 aliphatic rings. The van der Waals surface area contributed by atoms with Gasteiger partial charge in [0.2, 0.25) is 5.88 Å². The van der Waals surface area contributed by atoms with Gasteiger partial charge in [-0.1, -0.05) is 6.92 Å². The van der Waals surface area contributed by atoms with E-state index in [1.54, 1.807) is 18.3 Å². The standard InChI is InChI=1S/C26H28F3N3O2/c1-3-22(32-25(33)18-8-11-24(34-2)31-15-18)17-6-4-16(5-7-17)20-12-13-30-23-10-9-19(14-21(20)23)26(27,28)29/h8-17,22H,3-7H2,1-2H3,(H,32,33)/t16-,17+,22?. The van der Waals surface area contributed by atoms with E-state index in [4.69, 9.17) is 4.74 Å². The molecule has 34 heavy (non-hydrogen) atoms. The second kappa shape index (κ2) is 9.99. The van der Waals surface area contributed by atoms with E-state index in [-0.39, 0.29) is 17.9 Å². The Balaban J connectivity index is 1.44. The number of aromatic nitrogens is 2. The summed E-state index contributed by atoms with van der Waals surface area (Å²) in [5.41, 5.74) is 1.34. The molecule has 8 heteroatoms. The van der Waals surface area contributed by atoms with Gasteiger partial charge in [-0.2, -0.15) is 13.2 Å². The summed E-state index contributed by atoms with van der Waals surface area (Å²) >= 11 is 0. The Morgan fingerprint density at radius 3 is 2.50 bits per heavy atom. The fourth-order valence-corrected chi connectivity index (χ4v) is 4.97. The molecule has 2 aromatic heterocycles. The van der Waals surface area contributed by atoms with Gasteiger partial charge in [-0.25, -0.2) is 4.98 Å². The number of rotatable bonds is 6. The predicted molar refractivity (Wildman–Crippen MR) is 124 cm³/mol. The van der Waals surface area contributed by atoms with Crippen molar-refractivity contribution in [2.75, 3.05) is 7.11 Å². The van der Waals surface area contributed by atoms with E-state index in [0.29, 0.717) is 28.3 Å². The Bertz CT molecular complexity index is 1140. The fraction of sp³-hybridized carbons (Fsp3) is 0.423. The van der Waals surface area contributed by atoms with E-state index in [1.807, 2.05) is 6.07 Å². The van der Waals surface area contributed by atoms with Crippen molar-refractivity contribution in [3.8, 4) is 5.88 Å². The molecule has 1 unspecified atom stereocenters. The minimum absolute atomic E-state index is 0.0292. The topological polar surface area (TPSA) is 64.1 Å². The molecule has 0 radical (unpaired) electrons. The molecule has 1 saturated carbocycles. The van der Waals surface area contributed by atoms with Crippen molar-refractivity contribution in [2.45, 2.75) is 57.2 Å². The SMILES string of the molecule is CCC(NC(=O)c1ccc(OC)nc1)[C@H]1CC[C@@H](c2ccnc3ccc(C(F)(F)F)cc32)CC1. The van der Waals surface area contributed by atoms with E-state index < -0.39 is 11.7 Å². The Hall–Kier alpha value is -3.16. The molecule has 3 aromatic rings. The number of amides is 1. The van der Waals surface area contributed by atoms with Gasteiger partial charge in [0.25, 0.3) is 5.91 Å². The molecule has 4 rings (SSSR count). The lowest BCUT2D eigenvalue weighted by Crippen LogP contribution is -2.41. The third kappa shape index (κ3) is 5.16. The van der Waals surface area contributed by atoms with Crippen molar-refractivity contribution in [1.82, 2.24) is 15.3 Å². The van der Waals surface area contributed by atoms with Crippen molar-refractivity contribution in [3.05, 3.63) is 65.5 Å². The van der Waals surface area contributed by atoms with E-state index >= 15 is 0 Å². The van der Waals surface area contributed by atoms with Crippen LogP contribution in [0, 0.1) is 5.92 Å². The molecule has 1 atom stereocenters. The Morgan fingerprint density at radius 1 is 1.12 bits per heavy atom. The zero-order valence-electron chi connectivity index (χ0n) is 19.2. The number of carbonyl (C=O) groups excluding carboxylic acids is 1. The van der Waals surface area contributed by atoms with Crippen LogP contribution < -0.4 is 10.1 Å². The number of benzene rings is 1. The lowest BCUT2D eigenvalue weighted by atomic mass is 9.75. The Labute approximate surface area is 196 Å². The summed E-state index contributed by atoms with van der Waals surface area (Å²) < 4.78 is 44.8. The molecule has 2 heterocycles. The third-order valence-corrected chi connectivity index (χ3v) is 6.85. The zero-order valence-corrected chi connectivity index (χ0v) is 19.2. The van der Waals surface area contributed by atoms with Gasteiger partial charge in [-0.3, -0.25) is 9.78 Å². The normalized spacial score (nSPS) is 19.6. The summed E-state index contributed by atoms with van der Waals surface area (Å²) in [4.78, 5) is 21.1. The minimum atomic E-state index is -4.38. The first-order valence-electron chi connectivity index (χ1n) is 11.6. The molecule has 1 amide bonds. The molecular weight excluding hydrogens is 443 g/mol. The van der Waals surface area contributed by atoms with Crippen LogP contribution in [0.25, 0.3) is 10.9 Å².